The number of nitrogens with one attached hydrogen (secondary N) is 2. The summed E-state index contributed by atoms with van der Waals surface area (Å²) >= 11 is 0. The van der Waals surface area contributed by atoms with E-state index in [0.717, 1.165) is 138 Å². The highest BCUT2D eigenvalue weighted by Gasteiger charge is 2.62. The molecular formula is C67H80N2O9S4. The second-order valence-electron chi connectivity index (χ2n) is 24.4. The number of aromatic hydroxyl groups is 3. The molecule has 0 spiro atoms. The Hall–Kier alpha value is -4.45. The number of aromatic nitrogens is 1. The van der Waals surface area contributed by atoms with Gasteiger partial charge in [0.25, 0.3) is 0 Å². The number of hydrogen-bond donors (Lipinski definition) is 8. The highest BCUT2D eigenvalue weighted by molar-refractivity contribution is 8.77. The van der Waals surface area contributed by atoms with Crippen LogP contribution >= 0.6 is 43.2 Å². The smallest absolute Gasteiger partial charge is 0.164 e. The van der Waals surface area contributed by atoms with Gasteiger partial charge < -0.3 is 50.4 Å². The zero-order valence-corrected chi connectivity index (χ0v) is 50.5. The lowest BCUT2D eigenvalue weighted by Gasteiger charge is -2.53. The first-order chi connectivity index (χ1) is 39.9. The van der Waals surface area contributed by atoms with Crippen LogP contribution in [-0.4, -0.2) is 97.2 Å². The van der Waals surface area contributed by atoms with E-state index in [4.69, 9.17) is 9.47 Å². The fourth-order valence-electron chi connectivity index (χ4n) is 16.0. The summed E-state index contributed by atoms with van der Waals surface area (Å²) in [5, 5.41) is 80.7. The third kappa shape index (κ3) is 10.8. The van der Waals surface area contributed by atoms with Crippen molar-refractivity contribution in [2.75, 3.05) is 37.5 Å². The predicted octanol–water partition coefficient (Wildman–Crippen LogP) is 13.0. The molecule has 436 valence electrons. The lowest BCUT2D eigenvalue weighted by atomic mass is 9.52. The van der Waals surface area contributed by atoms with Gasteiger partial charge in [0.1, 0.15) is 11.9 Å². The zero-order valence-electron chi connectivity index (χ0n) is 47.2. The maximum atomic E-state index is 17.6. The summed E-state index contributed by atoms with van der Waals surface area (Å²) in [6, 6.07) is 27.4. The van der Waals surface area contributed by atoms with Crippen LogP contribution in [0.1, 0.15) is 139 Å². The molecule has 4 heterocycles. The summed E-state index contributed by atoms with van der Waals surface area (Å²) in [5.74, 6) is -0.0816. The van der Waals surface area contributed by atoms with Gasteiger partial charge in [0.15, 0.2) is 28.8 Å². The number of fused-ring (bicyclic) bond motifs is 6. The Balaban J connectivity index is 1.07. The number of Topliss-reactive ketones (excluding diaryl/α,β-unsaturated/α-hetero) is 1. The molecule has 4 fully saturated rings. The molecular weight excluding hydrogens is 1110 g/mol. The maximum Gasteiger partial charge on any atom is 0.164 e. The standard InChI is InChI=1S/C67H80N2O9S4/c1-3-40-16-17-41-11-8-14-51-59(35-70)82-81-37-46-29-60(74)67(49-30-48(31-50(71)32-49)66-23-7-6-12-47(66)13-9-24-69-66,54-38-80-79-36-44-10-4-5-15-57(44)78-58-28-43(54)19-20-55(58)72)65(76)62(46)63(75)45(26-39-22-25-68-34-39)27-42-18-21-56(73)64(77-2)53(42)33-52(40)61(41)51/h8,11,14,16-22,25,28,30-32,34,44-47,54,57,59-60,62-63,68-75H,3-7,9-10,12-13,15,23-24,26-27,29,33,35-38H2,1-2H3/t44-,45-,46+,47+,54+,57+,59+,60-,62-,63+,66+,67+/m1/s1. The molecule has 6 aliphatic rings. The Morgan fingerprint density at radius 3 is 2.44 bits per heavy atom. The normalized spacial score (nSPS) is 30.9. The molecule has 8 N–H and O–H groups in total. The van der Waals surface area contributed by atoms with Crippen LogP contribution in [0.3, 0.4) is 0 Å². The van der Waals surface area contributed by atoms with E-state index >= 15 is 4.79 Å². The molecule has 12 atom stereocenters. The minimum atomic E-state index is -1.72. The van der Waals surface area contributed by atoms with Crippen molar-refractivity contribution in [3.05, 3.63) is 147 Å². The number of aromatic amines is 1. The minimum absolute atomic E-state index is 0.00822. The van der Waals surface area contributed by atoms with Crippen molar-refractivity contribution in [1.82, 2.24) is 10.3 Å². The number of phenols is 3. The van der Waals surface area contributed by atoms with Gasteiger partial charge in [0, 0.05) is 64.9 Å². The van der Waals surface area contributed by atoms with Gasteiger partial charge in [-0.1, -0.05) is 118 Å². The number of carbonyl (C=O) groups excluding carboxylic acids is 1. The molecule has 0 unspecified atom stereocenters. The van der Waals surface area contributed by atoms with Crippen LogP contribution in [0.25, 0.3) is 10.8 Å². The number of aliphatic hydroxyl groups excluding tert-OH is 3. The van der Waals surface area contributed by atoms with Crippen molar-refractivity contribution in [3.8, 4) is 28.7 Å². The number of ether oxygens (including phenoxy) is 2. The van der Waals surface area contributed by atoms with Gasteiger partial charge in [-0.3, -0.25) is 4.79 Å². The molecule has 3 saturated carbocycles. The van der Waals surface area contributed by atoms with Crippen LogP contribution in [0.2, 0.25) is 0 Å². The van der Waals surface area contributed by atoms with E-state index in [1.165, 1.54) is 0 Å². The summed E-state index contributed by atoms with van der Waals surface area (Å²) in [5.41, 5.74) is 5.91. The van der Waals surface area contributed by atoms with E-state index in [2.05, 4.69) is 47.6 Å². The molecule has 15 heteroatoms. The highest BCUT2D eigenvalue weighted by atomic mass is 33.1. The van der Waals surface area contributed by atoms with Crippen LogP contribution < -0.4 is 14.8 Å². The quantitative estimate of drug-likeness (QED) is 0.0673. The SMILES string of the molecule is CCc1ccc2cccc3c2c1Cc1c(ccc(O)c1OC)C[C@@H](Cc1cc[nH]c1)[C@H](O)[C@@H]1C(=O)[C@@](c2cc(O)cc([C@]45CCCC[C@H]4CCCN5)c2)([C@H]2CSSC[C@H]4CCCC[C@@H]4Oc4cc2ccc4O)[C@H](O)C[C@H]1CSS[C@H]3CO. The number of H-pyrrole nitrogens is 1. The van der Waals surface area contributed by atoms with Gasteiger partial charge >= 0.3 is 0 Å². The van der Waals surface area contributed by atoms with Gasteiger partial charge in [-0.05, 0) is 187 Å². The average Bonchev–Trinajstić information content (AvgIpc) is 2.02. The van der Waals surface area contributed by atoms with Gasteiger partial charge in [-0.25, -0.2) is 0 Å². The summed E-state index contributed by atoms with van der Waals surface area (Å²) in [6.07, 6.45) is 13.5. The van der Waals surface area contributed by atoms with E-state index in [9.17, 15) is 30.6 Å². The molecule has 1 aromatic heterocycles. The number of phenolic OH excluding ortho intramolecular Hbond substituents is 3. The molecule has 11 nitrogen and oxygen atoms in total. The molecule has 12 rings (SSSR count). The van der Waals surface area contributed by atoms with E-state index in [1.54, 1.807) is 68.5 Å². The number of hydrogen-bond acceptors (Lipinski definition) is 14. The summed E-state index contributed by atoms with van der Waals surface area (Å²) in [6.45, 7) is 2.84. The van der Waals surface area contributed by atoms with Crippen LogP contribution in [0.4, 0.5) is 0 Å². The predicted molar refractivity (Wildman–Crippen MR) is 334 cm³/mol. The molecule has 1 saturated heterocycles. The Bertz CT molecular complexity index is 3240. The number of rotatable bonds is 8. The van der Waals surface area contributed by atoms with Crippen molar-refractivity contribution >= 4 is 59.7 Å². The van der Waals surface area contributed by atoms with E-state index in [-0.39, 0.29) is 53.3 Å². The molecule has 2 bridgehead atoms. The first kappa shape index (κ1) is 58.0. The maximum absolute atomic E-state index is 17.6. The molecule has 3 aliphatic heterocycles. The number of aryl methyl sites for hydroxylation is 1. The van der Waals surface area contributed by atoms with Crippen molar-refractivity contribution in [2.45, 2.75) is 144 Å². The number of methoxy groups -OCH3 is 1. The molecule has 5 aromatic carbocycles. The fourth-order valence-corrected chi connectivity index (χ4v) is 21.8. The lowest BCUT2D eigenvalue weighted by molar-refractivity contribution is -0.150. The fraction of sp³-hybridized carbons (Fsp3) is 0.507. The second-order valence-corrected chi connectivity index (χ2v) is 29.6. The van der Waals surface area contributed by atoms with E-state index in [0.29, 0.717) is 53.7 Å². The number of aliphatic hydroxyl groups is 3. The monoisotopic (exact) mass is 1180 g/mol. The topological polar surface area (TPSA) is 185 Å². The van der Waals surface area contributed by atoms with E-state index < -0.39 is 46.8 Å². The van der Waals surface area contributed by atoms with Crippen molar-refractivity contribution in [2.24, 2.45) is 29.6 Å². The van der Waals surface area contributed by atoms with Crippen LogP contribution in [0, 0.1) is 29.6 Å². The Morgan fingerprint density at radius 2 is 1.61 bits per heavy atom. The van der Waals surface area contributed by atoms with Crippen molar-refractivity contribution < 1.29 is 44.9 Å². The number of benzene rings is 5. The largest absolute Gasteiger partial charge is 0.508 e. The Morgan fingerprint density at radius 1 is 0.805 bits per heavy atom. The van der Waals surface area contributed by atoms with Crippen LogP contribution in [0.15, 0.2) is 97.3 Å². The Labute approximate surface area is 498 Å². The summed E-state index contributed by atoms with van der Waals surface area (Å²) in [7, 11) is 8.21. The first-order valence-electron chi connectivity index (χ1n) is 30.1. The van der Waals surface area contributed by atoms with Gasteiger partial charge in [-0.15, -0.1) is 0 Å². The van der Waals surface area contributed by atoms with Crippen molar-refractivity contribution in [3.63, 3.8) is 0 Å². The number of ketones is 1. The highest BCUT2D eigenvalue weighted by Crippen LogP contribution is 2.58. The second kappa shape index (κ2) is 24.9. The molecule has 0 amide bonds. The van der Waals surface area contributed by atoms with Crippen LogP contribution in [-0.2, 0) is 41.4 Å². The summed E-state index contributed by atoms with van der Waals surface area (Å²) in [4.78, 5) is 20.9. The summed E-state index contributed by atoms with van der Waals surface area (Å²) < 4.78 is 13.0. The molecule has 3 aliphatic carbocycles. The number of piperidine rings is 1. The minimum Gasteiger partial charge on any atom is -0.508 e. The lowest BCUT2D eigenvalue weighted by Crippen LogP contribution is -2.62. The van der Waals surface area contributed by atoms with Crippen LogP contribution in [0.5, 0.6) is 28.7 Å². The third-order valence-electron chi connectivity index (χ3n) is 20.1. The molecule has 6 aromatic rings. The third-order valence-corrected chi connectivity index (χ3v) is 25.5. The Kier molecular flexibility index (Phi) is 17.6. The van der Waals surface area contributed by atoms with Gasteiger partial charge in [0.2, 0.25) is 0 Å². The average molecular weight is 1190 g/mol. The van der Waals surface area contributed by atoms with Gasteiger partial charge in [-0.2, -0.15) is 0 Å². The van der Waals surface area contributed by atoms with Crippen molar-refractivity contribution in [1.29, 1.82) is 0 Å². The zero-order chi connectivity index (χ0) is 56.7. The van der Waals surface area contributed by atoms with Gasteiger partial charge in [0.05, 0.1) is 36.6 Å². The van der Waals surface area contributed by atoms with E-state index in [1.807, 2.05) is 48.8 Å². The number of carbonyl (C=O) groups is 1. The molecule has 0 radical (unpaired) electrons. The molecule has 82 heavy (non-hydrogen) atoms. The first-order valence-corrected chi connectivity index (χ1v) is 35.0.